The minimum atomic E-state index is -4.50. The Morgan fingerprint density at radius 2 is 1.85 bits per heavy atom. The van der Waals surface area contributed by atoms with Crippen LogP contribution in [-0.2, 0) is 6.18 Å². The summed E-state index contributed by atoms with van der Waals surface area (Å²) in [7, 11) is 0. The van der Waals surface area contributed by atoms with Gasteiger partial charge in [0, 0.05) is 10.0 Å². The molecule has 1 nitrogen and oxygen atoms in total. The number of thiophene rings is 1. The summed E-state index contributed by atoms with van der Waals surface area (Å²) in [5, 5.41) is 0.349. The number of hydrogen-bond acceptors (Lipinski definition) is 2. The van der Waals surface area contributed by atoms with Crippen molar-refractivity contribution in [2.45, 2.75) is 6.18 Å². The molecule has 0 saturated heterocycles. The van der Waals surface area contributed by atoms with E-state index in [1.54, 1.807) is 0 Å². The summed E-state index contributed by atoms with van der Waals surface area (Å²) in [5.74, 6) is -0.513. The van der Waals surface area contributed by atoms with Crippen molar-refractivity contribution in [3.63, 3.8) is 0 Å². The lowest BCUT2D eigenvalue weighted by atomic mass is 10.1. The number of rotatable bonds is 2. The van der Waals surface area contributed by atoms with E-state index in [0.29, 0.717) is 13.3 Å². The Bertz CT molecular complexity index is 662. The molecule has 0 bridgehead atoms. The average molecular weight is 448 g/mol. The van der Waals surface area contributed by atoms with Gasteiger partial charge in [0.15, 0.2) is 0 Å². The average Bonchev–Trinajstić information content (AvgIpc) is 2.68. The van der Waals surface area contributed by atoms with Crippen LogP contribution in [0, 0.1) is 0 Å². The topological polar surface area (TPSA) is 17.1 Å². The first-order valence-corrected chi connectivity index (χ1v) is 7.84. The third-order valence-corrected chi connectivity index (χ3v) is 5.57. The molecule has 8 heteroatoms. The summed E-state index contributed by atoms with van der Waals surface area (Å²) in [4.78, 5) is 12.5. The van der Waals surface area contributed by atoms with E-state index in [1.165, 1.54) is 12.1 Å². The van der Waals surface area contributed by atoms with Gasteiger partial charge >= 0.3 is 6.18 Å². The maximum Gasteiger partial charge on any atom is 0.416 e. The maximum absolute atomic E-state index is 12.7. The Balaban J connectivity index is 2.49. The fraction of sp³-hybridized carbons (Fsp3) is 0.0833. The summed E-state index contributed by atoms with van der Waals surface area (Å²) in [6.45, 7) is 0. The van der Waals surface area contributed by atoms with E-state index in [1.807, 2.05) is 0 Å². The van der Waals surface area contributed by atoms with Crippen molar-refractivity contribution in [2.75, 3.05) is 0 Å². The molecule has 0 amide bonds. The molecule has 0 unspecified atom stereocenters. The van der Waals surface area contributed by atoms with E-state index < -0.39 is 17.5 Å². The molecule has 0 aliphatic carbocycles. The van der Waals surface area contributed by atoms with Crippen molar-refractivity contribution < 1.29 is 18.0 Å². The van der Waals surface area contributed by atoms with E-state index in [2.05, 4.69) is 31.9 Å². The highest BCUT2D eigenvalue weighted by Gasteiger charge is 2.32. The van der Waals surface area contributed by atoms with E-state index >= 15 is 0 Å². The van der Waals surface area contributed by atoms with E-state index in [-0.39, 0.29) is 10.4 Å². The summed E-state index contributed by atoms with van der Waals surface area (Å²) < 4.78 is 38.9. The van der Waals surface area contributed by atoms with Crippen LogP contribution in [-0.4, -0.2) is 5.78 Å². The van der Waals surface area contributed by atoms with Crippen LogP contribution in [0.2, 0.25) is 5.02 Å². The standard InChI is InChI=1S/C12H4Br2ClF3OS/c13-7-2-1-5(12(16,17)18)3-6(7)10(19)9-4-8(15)11(14)20-9/h1-4H. The van der Waals surface area contributed by atoms with Gasteiger partial charge in [0.1, 0.15) is 0 Å². The molecular weight excluding hydrogens is 444 g/mol. The van der Waals surface area contributed by atoms with Gasteiger partial charge in [-0.25, -0.2) is 0 Å². The summed E-state index contributed by atoms with van der Waals surface area (Å²) >= 11 is 13.2. The van der Waals surface area contributed by atoms with Crippen molar-refractivity contribution in [1.29, 1.82) is 0 Å². The van der Waals surface area contributed by atoms with Gasteiger partial charge < -0.3 is 0 Å². The van der Waals surface area contributed by atoms with Crippen LogP contribution in [0.15, 0.2) is 32.5 Å². The number of benzene rings is 1. The number of halogens is 6. The van der Waals surface area contributed by atoms with Gasteiger partial charge in [-0.1, -0.05) is 27.5 Å². The van der Waals surface area contributed by atoms with E-state index in [0.717, 1.165) is 23.5 Å². The molecule has 0 atom stereocenters. The first-order chi connectivity index (χ1) is 9.20. The molecule has 1 heterocycles. The molecule has 1 aromatic carbocycles. The van der Waals surface area contributed by atoms with Crippen LogP contribution in [0.5, 0.6) is 0 Å². The molecule has 0 N–H and O–H groups in total. The third kappa shape index (κ3) is 3.27. The number of ketones is 1. The fourth-order valence-corrected chi connectivity index (χ4v) is 3.55. The van der Waals surface area contributed by atoms with Gasteiger partial charge in [0.25, 0.3) is 0 Å². The number of carbonyl (C=O) groups excluding carboxylic acids is 1. The molecule has 0 radical (unpaired) electrons. The Kier molecular flexibility index (Phi) is 4.63. The van der Waals surface area contributed by atoms with Gasteiger partial charge in [0.2, 0.25) is 5.78 Å². The minimum Gasteiger partial charge on any atom is -0.288 e. The predicted octanol–water partition coefficient (Wildman–Crippen LogP) is 6.18. The third-order valence-electron chi connectivity index (χ3n) is 2.41. The highest BCUT2D eigenvalue weighted by Crippen LogP contribution is 2.36. The second-order valence-electron chi connectivity index (χ2n) is 3.75. The molecule has 20 heavy (non-hydrogen) atoms. The number of carbonyl (C=O) groups is 1. The molecule has 0 spiro atoms. The van der Waals surface area contributed by atoms with Gasteiger partial charge in [-0.2, -0.15) is 13.2 Å². The lowest BCUT2D eigenvalue weighted by Crippen LogP contribution is -2.08. The summed E-state index contributed by atoms with van der Waals surface area (Å²) in [6, 6.07) is 4.37. The van der Waals surface area contributed by atoms with Crippen LogP contribution in [0.4, 0.5) is 13.2 Å². The van der Waals surface area contributed by atoms with Crippen LogP contribution in [0.1, 0.15) is 20.8 Å². The van der Waals surface area contributed by atoms with Crippen LogP contribution < -0.4 is 0 Å². The second-order valence-corrected chi connectivity index (χ2v) is 7.39. The highest BCUT2D eigenvalue weighted by molar-refractivity contribution is 9.11. The zero-order valence-electron chi connectivity index (χ0n) is 9.39. The van der Waals surface area contributed by atoms with Crippen molar-refractivity contribution in [3.8, 4) is 0 Å². The molecule has 0 saturated carbocycles. The maximum atomic E-state index is 12.7. The normalized spacial score (nSPS) is 11.7. The lowest BCUT2D eigenvalue weighted by Gasteiger charge is -2.09. The highest BCUT2D eigenvalue weighted by atomic mass is 79.9. The molecule has 2 aromatic rings. The second kappa shape index (κ2) is 5.79. The molecule has 2 rings (SSSR count). The van der Waals surface area contributed by atoms with Crippen molar-refractivity contribution in [2.24, 2.45) is 0 Å². The fourth-order valence-electron chi connectivity index (χ4n) is 1.47. The predicted molar refractivity (Wildman–Crippen MR) is 79.6 cm³/mol. The first kappa shape index (κ1) is 16.0. The summed E-state index contributed by atoms with van der Waals surface area (Å²) in [6.07, 6.45) is -4.50. The minimum absolute atomic E-state index is 0.0507. The zero-order valence-corrected chi connectivity index (χ0v) is 14.1. The van der Waals surface area contributed by atoms with Crippen LogP contribution in [0.3, 0.4) is 0 Å². The van der Waals surface area contributed by atoms with Crippen molar-refractivity contribution >= 4 is 60.6 Å². The van der Waals surface area contributed by atoms with Crippen molar-refractivity contribution in [1.82, 2.24) is 0 Å². The molecule has 106 valence electrons. The van der Waals surface area contributed by atoms with E-state index in [4.69, 9.17) is 11.6 Å². The largest absolute Gasteiger partial charge is 0.416 e. The van der Waals surface area contributed by atoms with Gasteiger partial charge in [-0.05, 0) is 40.2 Å². The van der Waals surface area contributed by atoms with Crippen LogP contribution in [0.25, 0.3) is 0 Å². The monoisotopic (exact) mass is 446 g/mol. The Labute approximate surface area is 138 Å². The molecule has 0 aliphatic heterocycles. The lowest BCUT2D eigenvalue weighted by molar-refractivity contribution is -0.137. The van der Waals surface area contributed by atoms with Gasteiger partial charge in [-0.15, -0.1) is 11.3 Å². The summed E-state index contributed by atoms with van der Waals surface area (Å²) in [5.41, 5.74) is -0.920. The Hall–Kier alpha value is -0.370. The van der Waals surface area contributed by atoms with E-state index in [9.17, 15) is 18.0 Å². The number of hydrogen-bond donors (Lipinski definition) is 0. The quantitative estimate of drug-likeness (QED) is 0.502. The first-order valence-electron chi connectivity index (χ1n) is 5.06. The van der Waals surface area contributed by atoms with Gasteiger partial charge in [-0.3, -0.25) is 4.79 Å². The Morgan fingerprint density at radius 1 is 1.20 bits per heavy atom. The smallest absolute Gasteiger partial charge is 0.288 e. The zero-order chi connectivity index (χ0) is 15.1. The SMILES string of the molecule is O=C(c1cc(Cl)c(Br)s1)c1cc(C(F)(F)F)ccc1Br. The molecular formula is C12H4Br2ClF3OS. The molecule has 0 aliphatic rings. The van der Waals surface area contributed by atoms with Gasteiger partial charge in [0.05, 0.1) is 19.2 Å². The molecule has 1 aromatic heterocycles. The molecule has 0 fully saturated rings. The number of alkyl halides is 3. The van der Waals surface area contributed by atoms with Crippen LogP contribution >= 0.6 is 54.8 Å². The Morgan fingerprint density at radius 3 is 2.35 bits per heavy atom. The van der Waals surface area contributed by atoms with Crippen molar-refractivity contribution in [3.05, 3.63) is 53.6 Å².